The quantitative estimate of drug-likeness (QED) is 0.307. The molecule has 0 heterocycles. The summed E-state index contributed by atoms with van der Waals surface area (Å²) in [4.78, 5) is 28.6. The van der Waals surface area contributed by atoms with E-state index in [2.05, 4.69) is 21.2 Å². The minimum Gasteiger partial charge on any atom is -0.495 e. The molecule has 0 aliphatic carbocycles. The van der Waals surface area contributed by atoms with Crippen molar-refractivity contribution in [2.75, 3.05) is 18.0 Å². The van der Waals surface area contributed by atoms with E-state index in [9.17, 15) is 18.0 Å². The number of nitrogens with one attached hydrogen (secondary N) is 1. The van der Waals surface area contributed by atoms with Crippen molar-refractivity contribution in [2.24, 2.45) is 0 Å². The third kappa shape index (κ3) is 7.99. The van der Waals surface area contributed by atoms with Crippen LogP contribution < -0.4 is 14.4 Å². The van der Waals surface area contributed by atoms with E-state index in [-0.39, 0.29) is 33.8 Å². The van der Waals surface area contributed by atoms with Crippen LogP contribution in [0.2, 0.25) is 5.02 Å². The Morgan fingerprint density at radius 1 is 1.02 bits per heavy atom. The topological polar surface area (TPSA) is 96.0 Å². The van der Waals surface area contributed by atoms with Crippen molar-refractivity contribution in [3.63, 3.8) is 0 Å². The molecular formula is C29H33BrClN3O5S. The van der Waals surface area contributed by atoms with E-state index >= 15 is 0 Å². The van der Waals surface area contributed by atoms with Crippen molar-refractivity contribution in [1.29, 1.82) is 0 Å². The highest BCUT2D eigenvalue weighted by molar-refractivity contribution is 9.10. The van der Waals surface area contributed by atoms with Crippen molar-refractivity contribution in [3.8, 4) is 5.75 Å². The van der Waals surface area contributed by atoms with Gasteiger partial charge in [-0.2, -0.15) is 0 Å². The first-order valence-corrected chi connectivity index (χ1v) is 15.1. The fraction of sp³-hybridized carbons (Fsp3) is 0.310. The smallest absolute Gasteiger partial charge is 0.264 e. The van der Waals surface area contributed by atoms with Gasteiger partial charge in [-0.25, -0.2) is 8.42 Å². The van der Waals surface area contributed by atoms with Crippen LogP contribution in [0.5, 0.6) is 5.75 Å². The van der Waals surface area contributed by atoms with E-state index in [4.69, 9.17) is 16.3 Å². The summed E-state index contributed by atoms with van der Waals surface area (Å²) in [5.41, 5.74) is 0.324. The SMILES string of the molecule is COc1ccc(Cl)cc1N(CC(=O)N(Cc1cccc(Br)c1)[C@H](C)C(=O)NC(C)(C)C)S(=O)(=O)c1ccccc1. The van der Waals surface area contributed by atoms with Crippen molar-refractivity contribution >= 4 is 55.1 Å². The Kier molecular flexibility index (Phi) is 10.3. The first-order valence-electron chi connectivity index (χ1n) is 12.5. The maximum Gasteiger partial charge on any atom is 0.264 e. The fourth-order valence-corrected chi connectivity index (χ4v) is 6.03. The van der Waals surface area contributed by atoms with Gasteiger partial charge in [0.15, 0.2) is 0 Å². The van der Waals surface area contributed by atoms with Gasteiger partial charge in [-0.15, -0.1) is 0 Å². The maximum atomic E-state index is 14.0. The van der Waals surface area contributed by atoms with Gasteiger partial charge in [0.2, 0.25) is 11.8 Å². The Hall–Kier alpha value is -3.08. The number of benzene rings is 3. The summed E-state index contributed by atoms with van der Waals surface area (Å²) in [6, 6.07) is 18.8. The van der Waals surface area contributed by atoms with Crippen LogP contribution in [0.1, 0.15) is 33.3 Å². The van der Waals surface area contributed by atoms with Gasteiger partial charge in [0.25, 0.3) is 10.0 Å². The lowest BCUT2D eigenvalue weighted by atomic mass is 10.1. The third-order valence-corrected chi connectivity index (χ3v) is 8.43. The summed E-state index contributed by atoms with van der Waals surface area (Å²) in [7, 11) is -2.84. The Labute approximate surface area is 249 Å². The number of nitrogens with zero attached hydrogens (tertiary/aromatic N) is 2. The van der Waals surface area contributed by atoms with E-state index in [1.807, 2.05) is 45.0 Å². The molecule has 0 saturated carbocycles. The highest BCUT2D eigenvalue weighted by Crippen LogP contribution is 2.35. The highest BCUT2D eigenvalue weighted by atomic mass is 79.9. The molecule has 0 bridgehead atoms. The zero-order valence-electron chi connectivity index (χ0n) is 23.0. The molecule has 11 heteroatoms. The van der Waals surface area contributed by atoms with E-state index < -0.39 is 34.1 Å². The molecule has 3 aromatic carbocycles. The number of carbonyl (C=O) groups is 2. The number of hydrogen-bond acceptors (Lipinski definition) is 5. The molecule has 1 N–H and O–H groups in total. The second kappa shape index (κ2) is 13.1. The molecule has 0 saturated heterocycles. The first-order chi connectivity index (χ1) is 18.7. The molecule has 3 rings (SSSR count). The molecular weight excluding hydrogens is 618 g/mol. The number of hydrogen-bond donors (Lipinski definition) is 1. The van der Waals surface area contributed by atoms with Gasteiger partial charge in [-0.05, 0) is 75.7 Å². The second-order valence-electron chi connectivity index (χ2n) is 10.2. The van der Waals surface area contributed by atoms with E-state index in [1.165, 1.54) is 36.3 Å². The van der Waals surface area contributed by atoms with Crippen molar-refractivity contribution in [1.82, 2.24) is 10.2 Å². The number of anilines is 1. The fourth-order valence-electron chi connectivity index (χ4n) is 3.98. The Morgan fingerprint density at radius 2 is 1.70 bits per heavy atom. The molecule has 0 aliphatic heterocycles. The van der Waals surface area contributed by atoms with Crippen LogP contribution in [0.25, 0.3) is 0 Å². The van der Waals surface area contributed by atoms with Crippen LogP contribution >= 0.6 is 27.5 Å². The van der Waals surface area contributed by atoms with Crippen molar-refractivity contribution in [3.05, 3.63) is 87.9 Å². The van der Waals surface area contributed by atoms with E-state index in [1.54, 1.807) is 31.2 Å². The van der Waals surface area contributed by atoms with Crippen LogP contribution in [0.4, 0.5) is 5.69 Å². The molecule has 40 heavy (non-hydrogen) atoms. The van der Waals surface area contributed by atoms with Gasteiger partial charge in [0, 0.05) is 21.6 Å². The number of carbonyl (C=O) groups excluding carboxylic acids is 2. The number of sulfonamides is 1. The highest BCUT2D eigenvalue weighted by Gasteiger charge is 2.34. The van der Waals surface area contributed by atoms with Crippen LogP contribution in [-0.2, 0) is 26.2 Å². The Balaban J connectivity index is 2.10. The Bertz CT molecular complexity index is 1460. The lowest BCUT2D eigenvalue weighted by Crippen LogP contribution is -2.54. The predicted octanol–water partition coefficient (Wildman–Crippen LogP) is 5.64. The summed E-state index contributed by atoms with van der Waals surface area (Å²) in [5, 5.41) is 3.17. The monoisotopic (exact) mass is 649 g/mol. The molecule has 0 unspecified atom stereocenters. The van der Waals surface area contributed by atoms with Gasteiger partial charge in [0.05, 0.1) is 17.7 Å². The molecule has 1 atom stereocenters. The van der Waals surface area contributed by atoms with Crippen LogP contribution in [0.3, 0.4) is 0 Å². The molecule has 0 spiro atoms. The molecule has 0 aliphatic rings. The lowest BCUT2D eigenvalue weighted by molar-refractivity contribution is -0.140. The minimum absolute atomic E-state index is 0.0121. The molecule has 2 amide bonds. The Morgan fingerprint density at radius 3 is 2.30 bits per heavy atom. The predicted molar refractivity (Wildman–Crippen MR) is 161 cm³/mol. The lowest BCUT2D eigenvalue weighted by Gasteiger charge is -2.33. The first kappa shape index (κ1) is 31.4. The maximum absolute atomic E-state index is 14.0. The van der Waals surface area contributed by atoms with Gasteiger partial charge in [-0.1, -0.05) is 57.9 Å². The largest absolute Gasteiger partial charge is 0.495 e. The number of amides is 2. The molecule has 3 aromatic rings. The molecule has 214 valence electrons. The van der Waals surface area contributed by atoms with Gasteiger partial charge in [-0.3, -0.25) is 13.9 Å². The van der Waals surface area contributed by atoms with E-state index in [0.717, 1.165) is 14.3 Å². The molecule has 0 aromatic heterocycles. The number of halogens is 2. The second-order valence-corrected chi connectivity index (χ2v) is 13.4. The normalized spacial score (nSPS) is 12.4. The third-order valence-electron chi connectivity index (χ3n) is 5.93. The van der Waals surface area contributed by atoms with Gasteiger partial charge < -0.3 is 15.0 Å². The summed E-state index contributed by atoms with van der Waals surface area (Å²) < 4.78 is 35.1. The van der Waals surface area contributed by atoms with Crippen LogP contribution in [-0.4, -0.2) is 50.4 Å². The number of ether oxygens (including phenoxy) is 1. The summed E-state index contributed by atoms with van der Waals surface area (Å²) in [5.74, 6) is -0.736. The summed E-state index contributed by atoms with van der Waals surface area (Å²) in [6.07, 6.45) is 0. The van der Waals surface area contributed by atoms with Gasteiger partial charge >= 0.3 is 0 Å². The van der Waals surface area contributed by atoms with Crippen molar-refractivity contribution in [2.45, 2.75) is 50.7 Å². The summed E-state index contributed by atoms with van der Waals surface area (Å²) in [6.45, 7) is 6.62. The summed E-state index contributed by atoms with van der Waals surface area (Å²) >= 11 is 9.70. The standard InChI is InChI=1S/C29H33BrClN3O5S/c1-20(28(36)32-29(2,3)4)33(18-21-10-9-11-22(30)16-21)27(35)19-34(25-17-23(31)14-15-26(25)39-5)40(37,38)24-12-7-6-8-13-24/h6-17,20H,18-19H2,1-5H3,(H,32,36)/t20-/m1/s1. The number of methoxy groups -OCH3 is 1. The molecule has 0 radical (unpaired) electrons. The van der Waals surface area contributed by atoms with E-state index in [0.29, 0.717) is 0 Å². The zero-order chi connectivity index (χ0) is 29.7. The molecule has 8 nitrogen and oxygen atoms in total. The van der Waals surface area contributed by atoms with Crippen molar-refractivity contribution < 1.29 is 22.7 Å². The minimum atomic E-state index is -4.25. The zero-order valence-corrected chi connectivity index (χ0v) is 26.2. The van der Waals surface area contributed by atoms with Gasteiger partial charge in [0.1, 0.15) is 18.3 Å². The number of rotatable bonds is 10. The average molecular weight is 651 g/mol. The molecule has 0 fully saturated rings. The van der Waals surface area contributed by atoms with Crippen LogP contribution in [0.15, 0.2) is 82.2 Å². The average Bonchev–Trinajstić information content (AvgIpc) is 2.89. The van der Waals surface area contributed by atoms with Crippen LogP contribution in [0, 0.1) is 0 Å².